The zero-order valence-electron chi connectivity index (χ0n) is 10.1. The predicted molar refractivity (Wildman–Crippen MR) is 74.9 cm³/mol. The SMILES string of the molecule is CCC(NCc1cc(Cl)cc(Cl)c1)c1ncc[nH]1. The maximum Gasteiger partial charge on any atom is 0.123 e. The van der Waals surface area contributed by atoms with Crippen LogP contribution >= 0.6 is 23.2 Å². The van der Waals surface area contributed by atoms with E-state index in [0.29, 0.717) is 16.6 Å². The molecule has 5 heteroatoms. The van der Waals surface area contributed by atoms with E-state index in [-0.39, 0.29) is 6.04 Å². The first-order chi connectivity index (χ1) is 8.69. The van der Waals surface area contributed by atoms with Crippen LogP contribution in [0.3, 0.4) is 0 Å². The van der Waals surface area contributed by atoms with E-state index >= 15 is 0 Å². The summed E-state index contributed by atoms with van der Waals surface area (Å²) in [6.45, 7) is 2.82. The number of H-pyrrole nitrogens is 1. The lowest BCUT2D eigenvalue weighted by Gasteiger charge is -2.14. The molecule has 2 rings (SSSR count). The van der Waals surface area contributed by atoms with Crippen molar-refractivity contribution >= 4 is 23.2 Å². The Morgan fingerprint density at radius 1 is 1.28 bits per heavy atom. The first-order valence-corrected chi connectivity index (χ1v) is 6.62. The van der Waals surface area contributed by atoms with Crippen molar-refractivity contribution in [2.24, 2.45) is 0 Å². The molecule has 1 aromatic heterocycles. The molecule has 0 saturated carbocycles. The normalized spacial score (nSPS) is 12.6. The largest absolute Gasteiger partial charge is 0.347 e. The average molecular weight is 284 g/mol. The van der Waals surface area contributed by atoms with Crippen LogP contribution in [0.15, 0.2) is 30.6 Å². The lowest BCUT2D eigenvalue weighted by molar-refractivity contribution is 0.498. The number of benzene rings is 1. The van der Waals surface area contributed by atoms with Crippen LogP contribution in [0.5, 0.6) is 0 Å². The third-order valence-corrected chi connectivity index (χ3v) is 3.17. The highest BCUT2D eigenvalue weighted by Crippen LogP contribution is 2.20. The van der Waals surface area contributed by atoms with Crippen LogP contribution in [0, 0.1) is 0 Å². The number of hydrogen-bond acceptors (Lipinski definition) is 2. The molecule has 0 saturated heterocycles. The van der Waals surface area contributed by atoms with Gasteiger partial charge in [-0.1, -0.05) is 30.1 Å². The Hall–Kier alpha value is -1.03. The van der Waals surface area contributed by atoms with E-state index in [0.717, 1.165) is 17.8 Å². The van der Waals surface area contributed by atoms with Gasteiger partial charge >= 0.3 is 0 Å². The zero-order chi connectivity index (χ0) is 13.0. The van der Waals surface area contributed by atoms with Crippen molar-refractivity contribution in [1.82, 2.24) is 15.3 Å². The summed E-state index contributed by atoms with van der Waals surface area (Å²) in [5.74, 6) is 0.950. The second-order valence-corrected chi connectivity index (χ2v) is 4.97. The van der Waals surface area contributed by atoms with Crippen LogP contribution in [0.1, 0.15) is 30.8 Å². The Balaban J connectivity index is 2.01. The highest BCUT2D eigenvalue weighted by atomic mass is 35.5. The molecule has 2 aromatic rings. The van der Waals surface area contributed by atoms with Gasteiger partial charge in [0, 0.05) is 29.0 Å². The summed E-state index contributed by atoms with van der Waals surface area (Å²) < 4.78 is 0. The Morgan fingerprint density at radius 3 is 2.56 bits per heavy atom. The van der Waals surface area contributed by atoms with Gasteiger partial charge in [0.05, 0.1) is 6.04 Å². The highest BCUT2D eigenvalue weighted by Gasteiger charge is 2.10. The quantitative estimate of drug-likeness (QED) is 0.872. The molecule has 0 spiro atoms. The summed E-state index contributed by atoms with van der Waals surface area (Å²) >= 11 is 11.9. The maximum absolute atomic E-state index is 5.97. The maximum atomic E-state index is 5.97. The lowest BCUT2D eigenvalue weighted by atomic mass is 10.1. The van der Waals surface area contributed by atoms with Crippen LogP contribution in [0.25, 0.3) is 0 Å². The molecular weight excluding hydrogens is 269 g/mol. The number of nitrogens with zero attached hydrogens (tertiary/aromatic N) is 1. The minimum absolute atomic E-state index is 0.206. The first kappa shape index (κ1) is 13.4. The fourth-order valence-electron chi connectivity index (χ4n) is 1.86. The van der Waals surface area contributed by atoms with E-state index in [4.69, 9.17) is 23.2 Å². The minimum atomic E-state index is 0.206. The molecule has 96 valence electrons. The van der Waals surface area contributed by atoms with Gasteiger partial charge in [0.1, 0.15) is 5.82 Å². The van der Waals surface area contributed by atoms with Gasteiger partial charge in [-0.15, -0.1) is 0 Å². The Labute approximate surface area is 117 Å². The monoisotopic (exact) mass is 283 g/mol. The van der Waals surface area contributed by atoms with E-state index < -0.39 is 0 Å². The van der Waals surface area contributed by atoms with E-state index in [2.05, 4.69) is 22.2 Å². The van der Waals surface area contributed by atoms with Crippen LogP contribution < -0.4 is 5.32 Å². The molecule has 18 heavy (non-hydrogen) atoms. The van der Waals surface area contributed by atoms with Gasteiger partial charge in [-0.25, -0.2) is 4.98 Å². The summed E-state index contributed by atoms with van der Waals surface area (Å²) in [5, 5.41) is 4.75. The molecule has 2 N–H and O–H groups in total. The van der Waals surface area contributed by atoms with Gasteiger partial charge < -0.3 is 10.3 Å². The summed E-state index contributed by atoms with van der Waals surface area (Å²) in [5.41, 5.74) is 1.07. The molecule has 0 radical (unpaired) electrons. The molecule has 1 aromatic carbocycles. The summed E-state index contributed by atoms with van der Waals surface area (Å²) in [4.78, 5) is 7.39. The molecular formula is C13H15Cl2N3. The van der Waals surface area contributed by atoms with Crippen molar-refractivity contribution in [3.05, 3.63) is 52.0 Å². The molecule has 3 nitrogen and oxygen atoms in total. The Bertz CT molecular complexity index is 477. The van der Waals surface area contributed by atoms with Crippen molar-refractivity contribution in [2.45, 2.75) is 25.9 Å². The summed E-state index contributed by atoms with van der Waals surface area (Å²) in [7, 11) is 0. The van der Waals surface area contributed by atoms with Crippen molar-refractivity contribution in [2.75, 3.05) is 0 Å². The average Bonchev–Trinajstić information content (AvgIpc) is 2.82. The summed E-state index contributed by atoms with van der Waals surface area (Å²) in [6, 6.07) is 5.76. The number of aromatic amines is 1. The smallest absolute Gasteiger partial charge is 0.123 e. The third-order valence-electron chi connectivity index (χ3n) is 2.73. The van der Waals surface area contributed by atoms with Gasteiger partial charge in [-0.2, -0.15) is 0 Å². The van der Waals surface area contributed by atoms with Crippen LogP contribution in [0.2, 0.25) is 10.0 Å². The van der Waals surface area contributed by atoms with Gasteiger partial charge in [0.15, 0.2) is 0 Å². The third kappa shape index (κ3) is 3.48. The number of halogens is 2. The highest BCUT2D eigenvalue weighted by molar-refractivity contribution is 6.34. The number of hydrogen-bond donors (Lipinski definition) is 2. The molecule has 0 aliphatic carbocycles. The van der Waals surface area contributed by atoms with Crippen LogP contribution in [-0.2, 0) is 6.54 Å². The van der Waals surface area contributed by atoms with Gasteiger partial charge in [0.2, 0.25) is 0 Å². The van der Waals surface area contributed by atoms with Crippen molar-refractivity contribution in [1.29, 1.82) is 0 Å². The number of rotatable bonds is 5. The van der Waals surface area contributed by atoms with Gasteiger partial charge in [-0.3, -0.25) is 0 Å². The summed E-state index contributed by atoms with van der Waals surface area (Å²) in [6.07, 6.45) is 4.55. The van der Waals surface area contributed by atoms with E-state index in [1.54, 1.807) is 12.3 Å². The molecule has 0 bridgehead atoms. The van der Waals surface area contributed by atoms with Gasteiger partial charge in [-0.05, 0) is 30.2 Å². The van der Waals surface area contributed by atoms with E-state index in [9.17, 15) is 0 Å². The first-order valence-electron chi connectivity index (χ1n) is 5.86. The second-order valence-electron chi connectivity index (χ2n) is 4.09. The van der Waals surface area contributed by atoms with Crippen LogP contribution in [0.4, 0.5) is 0 Å². The fourth-order valence-corrected chi connectivity index (χ4v) is 2.43. The second kappa shape index (κ2) is 6.23. The Morgan fingerprint density at radius 2 is 2.00 bits per heavy atom. The molecule has 0 aliphatic heterocycles. The zero-order valence-corrected chi connectivity index (χ0v) is 11.6. The molecule has 0 amide bonds. The van der Waals surface area contributed by atoms with E-state index in [1.807, 2.05) is 18.3 Å². The van der Waals surface area contributed by atoms with Crippen molar-refractivity contribution in [3.8, 4) is 0 Å². The molecule has 1 unspecified atom stereocenters. The minimum Gasteiger partial charge on any atom is -0.347 e. The fraction of sp³-hybridized carbons (Fsp3) is 0.308. The van der Waals surface area contributed by atoms with E-state index in [1.165, 1.54) is 0 Å². The molecule has 0 fully saturated rings. The predicted octanol–water partition coefficient (Wildman–Crippen LogP) is 3.96. The molecule has 0 aliphatic rings. The van der Waals surface area contributed by atoms with Gasteiger partial charge in [0.25, 0.3) is 0 Å². The topological polar surface area (TPSA) is 40.7 Å². The van der Waals surface area contributed by atoms with Crippen molar-refractivity contribution < 1.29 is 0 Å². The number of aromatic nitrogens is 2. The standard InChI is InChI=1S/C13H15Cl2N3/c1-2-12(13-16-3-4-17-13)18-8-9-5-10(14)7-11(15)6-9/h3-7,12,18H,2,8H2,1H3,(H,16,17). The molecule has 1 atom stereocenters. The lowest BCUT2D eigenvalue weighted by Crippen LogP contribution is -2.21. The number of nitrogens with one attached hydrogen (secondary N) is 2. The van der Waals surface area contributed by atoms with Crippen LogP contribution in [-0.4, -0.2) is 9.97 Å². The van der Waals surface area contributed by atoms with Crippen molar-refractivity contribution in [3.63, 3.8) is 0 Å². The number of imidazole rings is 1. The molecule has 1 heterocycles. The Kier molecular flexibility index (Phi) is 4.64.